The van der Waals surface area contributed by atoms with Crippen LogP contribution < -0.4 is 5.32 Å². The Bertz CT molecular complexity index is 425. The third kappa shape index (κ3) is 2.85. The number of nitrogens with one attached hydrogen (secondary N) is 1. The van der Waals surface area contributed by atoms with E-state index in [-0.39, 0.29) is 24.1 Å². The minimum absolute atomic E-state index is 0.0419. The van der Waals surface area contributed by atoms with Crippen LogP contribution in [0.15, 0.2) is 18.3 Å². The molecule has 0 aliphatic heterocycles. The molecule has 1 amide bonds. The molecule has 1 aromatic rings. The molecule has 2 N–H and O–H groups in total. The summed E-state index contributed by atoms with van der Waals surface area (Å²) < 4.78 is 13.4. The number of pyridine rings is 1. The van der Waals surface area contributed by atoms with Gasteiger partial charge in [-0.15, -0.1) is 0 Å². The van der Waals surface area contributed by atoms with Crippen LogP contribution in [0.25, 0.3) is 0 Å². The van der Waals surface area contributed by atoms with Crippen molar-refractivity contribution in [2.45, 2.75) is 31.7 Å². The van der Waals surface area contributed by atoms with Crippen molar-refractivity contribution >= 4 is 5.91 Å². The summed E-state index contributed by atoms with van der Waals surface area (Å²) in [4.78, 5) is 15.4. The van der Waals surface area contributed by atoms with E-state index >= 15 is 0 Å². The average Bonchev–Trinajstić information content (AvgIpc) is 2.39. The fourth-order valence-corrected chi connectivity index (χ4v) is 2.42. The van der Waals surface area contributed by atoms with Crippen molar-refractivity contribution in [3.05, 3.63) is 29.8 Å². The molecular weight excluding hydrogens is 235 g/mol. The summed E-state index contributed by atoms with van der Waals surface area (Å²) in [5, 5.41) is 12.1. The Morgan fingerprint density at radius 3 is 3.00 bits per heavy atom. The van der Waals surface area contributed by atoms with E-state index in [0.29, 0.717) is 0 Å². The van der Waals surface area contributed by atoms with Crippen molar-refractivity contribution in [3.8, 4) is 0 Å². The number of aromatic nitrogens is 1. The molecule has 1 aliphatic carbocycles. The average molecular weight is 252 g/mol. The van der Waals surface area contributed by atoms with Gasteiger partial charge in [0.05, 0.1) is 5.56 Å². The highest BCUT2D eigenvalue weighted by molar-refractivity contribution is 5.94. The zero-order valence-corrected chi connectivity index (χ0v) is 10.1. The highest BCUT2D eigenvalue weighted by atomic mass is 19.1. The maximum absolute atomic E-state index is 13.4. The molecule has 0 aromatic carbocycles. The van der Waals surface area contributed by atoms with Gasteiger partial charge in [0.15, 0.2) is 0 Å². The van der Waals surface area contributed by atoms with Gasteiger partial charge in [-0.3, -0.25) is 4.79 Å². The van der Waals surface area contributed by atoms with Crippen LogP contribution in [0.2, 0.25) is 0 Å². The molecule has 5 heteroatoms. The Hall–Kier alpha value is -1.49. The molecule has 1 aliphatic rings. The highest BCUT2D eigenvalue weighted by Gasteiger charge is 2.26. The summed E-state index contributed by atoms with van der Waals surface area (Å²) >= 11 is 0. The molecule has 0 saturated heterocycles. The van der Waals surface area contributed by atoms with E-state index in [1.165, 1.54) is 18.3 Å². The standard InChI is InChI=1S/C13H17FN2O2/c14-12-10(5-3-7-15-12)13(18)16-11-6-2-1-4-9(11)8-17/h3,5,7,9,11,17H,1-2,4,6,8H2,(H,16,18). The van der Waals surface area contributed by atoms with E-state index in [4.69, 9.17) is 0 Å². The number of hydrogen-bond donors (Lipinski definition) is 2. The van der Waals surface area contributed by atoms with Gasteiger partial charge in [0.25, 0.3) is 5.91 Å². The van der Waals surface area contributed by atoms with Crippen LogP contribution in [-0.4, -0.2) is 28.6 Å². The number of halogens is 1. The minimum atomic E-state index is -0.758. The van der Waals surface area contributed by atoms with Crippen molar-refractivity contribution in [2.75, 3.05) is 6.61 Å². The molecule has 1 fully saturated rings. The second-order valence-electron chi connectivity index (χ2n) is 4.65. The quantitative estimate of drug-likeness (QED) is 0.801. The van der Waals surface area contributed by atoms with Crippen LogP contribution in [0.1, 0.15) is 36.0 Å². The maximum Gasteiger partial charge on any atom is 0.256 e. The predicted octanol–water partition coefficient (Wildman–Crippen LogP) is 1.50. The first-order chi connectivity index (χ1) is 8.72. The number of amides is 1. The molecule has 4 nitrogen and oxygen atoms in total. The van der Waals surface area contributed by atoms with Gasteiger partial charge in [0.2, 0.25) is 5.95 Å². The topological polar surface area (TPSA) is 62.2 Å². The van der Waals surface area contributed by atoms with Gasteiger partial charge in [-0.2, -0.15) is 4.39 Å². The second kappa shape index (κ2) is 5.91. The SMILES string of the molecule is O=C(NC1CCCCC1CO)c1cccnc1F. The number of aliphatic hydroxyl groups is 1. The number of carbonyl (C=O) groups excluding carboxylic acids is 1. The molecular formula is C13H17FN2O2. The van der Waals surface area contributed by atoms with Crippen LogP contribution in [-0.2, 0) is 0 Å². The van der Waals surface area contributed by atoms with Gasteiger partial charge >= 0.3 is 0 Å². The molecule has 2 atom stereocenters. The van der Waals surface area contributed by atoms with Crippen LogP contribution in [0.4, 0.5) is 4.39 Å². The van der Waals surface area contributed by atoms with Gasteiger partial charge in [-0.05, 0) is 25.0 Å². The summed E-state index contributed by atoms with van der Waals surface area (Å²) in [6, 6.07) is 2.87. The van der Waals surface area contributed by atoms with Crippen LogP contribution >= 0.6 is 0 Å². The summed E-state index contributed by atoms with van der Waals surface area (Å²) in [6.07, 6.45) is 5.13. The van der Waals surface area contributed by atoms with E-state index in [1.807, 2.05) is 0 Å². The molecule has 1 heterocycles. The van der Waals surface area contributed by atoms with Crippen molar-refractivity contribution in [1.82, 2.24) is 10.3 Å². The lowest BCUT2D eigenvalue weighted by Gasteiger charge is -2.30. The normalized spacial score (nSPS) is 23.7. The summed E-state index contributed by atoms with van der Waals surface area (Å²) in [5.74, 6) is -1.14. The summed E-state index contributed by atoms with van der Waals surface area (Å²) in [6.45, 7) is 0.0560. The number of aliphatic hydroxyl groups excluding tert-OH is 1. The first kappa shape index (κ1) is 13.0. The number of nitrogens with zero attached hydrogens (tertiary/aromatic N) is 1. The van der Waals surface area contributed by atoms with E-state index in [1.54, 1.807) is 0 Å². The number of rotatable bonds is 3. The zero-order chi connectivity index (χ0) is 13.0. The molecule has 0 spiro atoms. The second-order valence-corrected chi connectivity index (χ2v) is 4.65. The molecule has 18 heavy (non-hydrogen) atoms. The Balaban J connectivity index is 2.04. The number of hydrogen-bond acceptors (Lipinski definition) is 3. The van der Waals surface area contributed by atoms with Crippen molar-refractivity contribution in [2.24, 2.45) is 5.92 Å². The largest absolute Gasteiger partial charge is 0.396 e. The van der Waals surface area contributed by atoms with Crippen molar-refractivity contribution in [3.63, 3.8) is 0 Å². The molecule has 0 bridgehead atoms. The van der Waals surface area contributed by atoms with Crippen molar-refractivity contribution in [1.29, 1.82) is 0 Å². The van der Waals surface area contributed by atoms with Crippen molar-refractivity contribution < 1.29 is 14.3 Å². The lowest BCUT2D eigenvalue weighted by atomic mass is 9.85. The first-order valence-corrected chi connectivity index (χ1v) is 6.24. The van der Waals surface area contributed by atoms with Gasteiger partial charge in [0, 0.05) is 24.8 Å². The number of carbonyl (C=O) groups is 1. The molecule has 0 radical (unpaired) electrons. The van der Waals surface area contributed by atoms with Gasteiger partial charge < -0.3 is 10.4 Å². The monoisotopic (exact) mass is 252 g/mol. The van der Waals surface area contributed by atoms with Gasteiger partial charge in [0.1, 0.15) is 0 Å². The minimum Gasteiger partial charge on any atom is -0.396 e. The Labute approximate surface area is 105 Å². The van der Waals surface area contributed by atoms with E-state index in [0.717, 1.165) is 25.7 Å². The van der Waals surface area contributed by atoms with E-state index in [2.05, 4.69) is 10.3 Å². The first-order valence-electron chi connectivity index (χ1n) is 6.24. The maximum atomic E-state index is 13.4. The summed E-state index contributed by atoms with van der Waals surface area (Å²) in [7, 11) is 0. The Morgan fingerprint density at radius 2 is 2.28 bits per heavy atom. The van der Waals surface area contributed by atoms with Crippen LogP contribution in [0.3, 0.4) is 0 Å². The van der Waals surface area contributed by atoms with E-state index < -0.39 is 11.9 Å². The Kier molecular flexibility index (Phi) is 4.25. The van der Waals surface area contributed by atoms with Gasteiger partial charge in [-0.1, -0.05) is 12.8 Å². The third-order valence-corrected chi connectivity index (χ3v) is 3.46. The smallest absolute Gasteiger partial charge is 0.256 e. The predicted molar refractivity (Wildman–Crippen MR) is 64.5 cm³/mol. The summed E-state index contributed by atoms with van der Waals surface area (Å²) in [5.41, 5.74) is -0.0419. The van der Waals surface area contributed by atoms with Crippen LogP contribution in [0, 0.1) is 11.9 Å². The van der Waals surface area contributed by atoms with Crippen LogP contribution in [0.5, 0.6) is 0 Å². The molecule has 1 saturated carbocycles. The fourth-order valence-electron chi connectivity index (χ4n) is 2.42. The zero-order valence-electron chi connectivity index (χ0n) is 10.1. The molecule has 1 aromatic heterocycles. The lowest BCUT2D eigenvalue weighted by molar-refractivity contribution is 0.0868. The molecule has 2 rings (SSSR count). The van der Waals surface area contributed by atoms with Gasteiger partial charge in [-0.25, -0.2) is 4.98 Å². The van der Waals surface area contributed by atoms with E-state index in [9.17, 15) is 14.3 Å². The third-order valence-electron chi connectivity index (χ3n) is 3.46. The fraction of sp³-hybridized carbons (Fsp3) is 0.538. The Morgan fingerprint density at radius 1 is 1.50 bits per heavy atom. The highest BCUT2D eigenvalue weighted by Crippen LogP contribution is 2.24. The molecule has 2 unspecified atom stereocenters. The molecule has 98 valence electrons. The lowest BCUT2D eigenvalue weighted by Crippen LogP contribution is -2.43.